The Morgan fingerprint density at radius 3 is 2.80 bits per heavy atom. The number of anilines is 1. The van der Waals surface area contributed by atoms with E-state index in [1.807, 2.05) is 12.1 Å². The van der Waals surface area contributed by atoms with Crippen LogP contribution in [-0.4, -0.2) is 24.0 Å². The Morgan fingerprint density at radius 1 is 1.35 bits per heavy atom. The average molecular weight is 275 g/mol. The second kappa shape index (κ2) is 6.73. The fourth-order valence-corrected chi connectivity index (χ4v) is 2.51. The summed E-state index contributed by atoms with van der Waals surface area (Å²) < 4.78 is 0. The van der Waals surface area contributed by atoms with Crippen LogP contribution in [0.25, 0.3) is 0 Å². The molecule has 1 saturated carbocycles. The molecule has 1 aliphatic rings. The summed E-state index contributed by atoms with van der Waals surface area (Å²) >= 11 is 0. The highest BCUT2D eigenvalue weighted by Gasteiger charge is 2.41. The van der Waals surface area contributed by atoms with Crippen molar-refractivity contribution in [2.24, 2.45) is 5.41 Å². The van der Waals surface area contributed by atoms with Crippen LogP contribution in [0.1, 0.15) is 56.4 Å². The zero-order chi connectivity index (χ0) is 14.4. The van der Waals surface area contributed by atoms with E-state index in [1.54, 1.807) is 6.20 Å². The third-order valence-corrected chi connectivity index (χ3v) is 3.93. The minimum Gasteiger partial charge on any atom is -0.385 e. The summed E-state index contributed by atoms with van der Waals surface area (Å²) in [6.07, 6.45) is 7.62. The fraction of sp³-hybridized carbons (Fsp3) is 0.625. The molecular weight excluding hydrogens is 250 g/mol. The first-order valence-electron chi connectivity index (χ1n) is 7.67. The largest absolute Gasteiger partial charge is 0.385 e. The SMILES string of the molecule is CCCNc1ccnc(C(=O)NCC2(CCC)CC2)c1. The van der Waals surface area contributed by atoms with Crippen molar-refractivity contribution in [3.05, 3.63) is 24.0 Å². The first kappa shape index (κ1) is 14.8. The van der Waals surface area contributed by atoms with Gasteiger partial charge in [-0.3, -0.25) is 9.78 Å². The van der Waals surface area contributed by atoms with Gasteiger partial charge in [0.2, 0.25) is 0 Å². The molecule has 0 saturated heterocycles. The van der Waals surface area contributed by atoms with Gasteiger partial charge in [0, 0.05) is 25.0 Å². The lowest BCUT2D eigenvalue weighted by Gasteiger charge is -2.14. The van der Waals surface area contributed by atoms with Crippen molar-refractivity contribution in [2.45, 2.75) is 46.0 Å². The van der Waals surface area contributed by atoms with Crippen molar-refractivity contribution in [3.63, 3.8) is 0 Å². The van der Waals surface area contributed by atoms with E-state index in [0.717, 1.165) is 25.2 Å². The molecule has 4 nitrogen and oxygen atoms in total. The summed E-state index contributed by atoms with van der Waals surface area (Å²) in [5.74, 6) is -0.0625. The number of nitrogens with one attached hydrogen (secondary N) is 2. The average Bonchev–Trinajstić information content (AvgIpc) is 3.23. The minimum absolute atomic E-state index is 0.0625. The highest BCUT2D eigenvalue weighted by Crippen LogP contribution is 2.48. The van der Waals surface area contributed by atoms with Crippen molar-refractivity contribution in [1.82, 2.24) is 10.3 Å². The number of carbonyl (C=O) groups excluding carboxylic acids is 1. The van der Waals surface area contributed by atoms with Gasteiger partial charge in [0.15, 0.2) is 0 Å². The molecule has 20 heavy (non-hydrogen) atoms. The molecule has 110 valence electrons. The number of rotatable bonds is 8. The van der Waals surface area contributed by atoms with E-state index in [4.69, 9.17) is 0 Å². The lowest BCUT2D eigenvalue weighted by atomic mass is 10.0. The first-order valence-corrected chi connectivity index (χ1v) is 7.67. The summed E-state index contributed by atoms with van der Waals surface area (Å²) in [4.78, 5) is 16.3. The van der Waals surface area contributed by atoms with E-state index in [-0.39, 0.29) is 5.91 Å². The molecule has 1 heterocycles. The van der Waals surface area contributed by atoms with E-state index in [1.165, 1.54) is 25.7 Å². The maximum atomic E-state index is 12.1. The quantitative estimate of drug-likeness (QED) is 0.766. The van der Waals surface area contributed by atoms with Crippen molar-refractivity contribution < 1.29 is 4.79 Å². The van der Waals surface area contributed by atoms with Crippen LogP contribution in [0.5, 0.6) is 0 Å². The van der Waals surface area contributed by atoms with Crippen LogP contribution in [0.15, 0.2) is 18.3 Å². The van der Waals surface area contributed by atoms with Crippen LogP contribution in [0.2, 0.25) is 0 Å². The third kappa shape index (κ3) is 3.95. The predicted octanol–water partition coefficient (Wildman–Crippen LogP) is 3.21. The van der Waals surface area contributed by atoms with Gasteiger partial charge >= 0.3 is 0 Å². The van der Waals surface area contributed by atoms with E-state index < -0.39 is 0 Å². The Hall–Kier alpha value is -1.58. The summed E-state index contributed by atoms with van der Waals surface area (Å²) in [5.41, 5.74) is 1.84. The van der Waals surface area contributed by atoms with Gasteiger partial charge in [-0.05, 0) is 43.2 Å². The number of nitrogens with zero attached hydrogens (tertiary/aromatic N) is 1. The number of hydrogen-bond acceptors (Lipinski definition) is 3. The summed E-state index contributed by atoms with van der Waals surface area (Å²) in [6, 6.07) is 3.72. The van der Waals surface area contributed by atoms with Crippen LogP contribution in [0.4, 0.5) is 5.69 Å². The maximum absolute atomic E-state index is 12.1. The molecule has 1 aliphatic carbocycles. The van der Waals surface area contributed by atoms with Gasteiger partial charge in [-0.2, -0.15) is 0 Å². The standard InChI is InChI=1S/C16H25N3O/c1-3-6-16(7-8-16)12-19-15(20)14-11-13(5-10-18-14)17-9-4-2/h5,10-11H,3-4,6-9,12H2,1-2H3,(H,17,18)(H,19,20). The number of carbonyl (C=O) groups is 1. The van der Waals surface area contributed by atoms with Gasteiger partial charge in [-0.25, -0.2) is 0 Å². The summed E-state index contributed by atoms with van der Waals surface area (Å²) in [7, 11) is 0. The molecule has 2 rings (SSSR count). The van der Waals surface area contributed by atoms with Crippen LogP contribution >= 0.6 is 0 Å². The lowest BCUT2D eigenvalue weighted by Crippen LogP contribution is -2.30. The number of amides is 1. The molecule has 2 N–H and O–H groups in total. The Kier molecular flexibility index (Phi) is 4.99. The maximum Gasteiger partial charge on any atom is 0.269 e. The van der Waals surface area contributed by atoms with Gasteiger partial charge in [0.25, 0.3) is 5.91 Å². The molecule has 0 radical (unpaired) electrons. The van der Waals surface area contributed by atoms with Crippen molar-refractivity contribution >= 4 is 11.6 Å². The van der Waals surface area contributed by atoms with E-state index in [2.05, 4.69) is 29.5 Å². The van der Waals surface area contributed by atoms with Crippen LogP contribution in [0, 0.1) is 5.41 Å². The van der Waals surface area contributed by atoms with Gasteiger partial charge in [0.05, 0.1) is 0 Å². The second-order valence-corrected chi connectivity index (χ2v) is 5.79. The first-order chi connectivity index (χ1) is 9.69. The fourth-order valence-electron chi connectivity index (χ4n) is 2.51. The number of aromatic nitrogens is 1. The zero-order valence-corrected chi connectivity index (χ0v) is 12.5. The zero-order valence-electron chi connectivity index (χ0n) is 12.5. The molecule has 1 amide bonds. The van der Waals surface area contributed by atoms with Crippen LogP contribution < -0.4 is 10.6 Å². The van der Waals surface area contributed by atoms with Crippen LogP contribution in [-0.2, 0) is 0 Å². The topological polar surface area (TPSA) is 54.0 Å². The summed E-state index contributed by atoms with van der Waals surface area (Å²) in [5, 5.41) is 6.32. The molecule has 0 aliphatic heterocycles. The molecule has 0 bridgehead atoms. The molecule has 4 heteroatoms. The lowest BCUT2D eigenvalue weighted by molar-refractivity contribution is 0.0939. The van der Waals surface area contributed by atoms with E-state index in [9.17, 15) is 4.79 Å². The molecule has 0 unspecified atom stereocenters. The Morgan fingerprint density at radius 2 is 2.15 bits per heavy atom. The highest BCUT2D eigenvalue weighted by atomic mass is 16.1. The molecular formula is C16H25N3O. The van der Waals surface area contributed by atoms with Gasteiger partial charge in [-0.15, -0.1) is 0 Å². The molecule has 1 fully saturated rings. The summed E-state index contributed by atoms with van der Waals surface area (Å²) in [6.45, 7) is 6.01. The Labute approximate surface area is 121 Å². The van der Waals surface area contributed by atoms with Crippen LogP contribution in [0.3, 0.4) is 0 Å². The third-order valence-electron chi connectivity index (χ3n) is 3.93. The number of hydrogen-bond donors (Lipinski definition) is 2. The molecule has 0 spiro atoms. The Bertz CT molecular complexity index is 455. The van der Waals surface area contributed by atoms with Crippen molar-refractivity contribution in [2.75, 3.05) is 18.4 Å². The Balaban J connectivity index is 1.88. The van der Waals surface area contributed by atoms with Gasteiger partial charge in [-0.1, -0.05) is 20.3 Å². The van der Waals surface area contributed by atoms with E-state index >= 15 is 0 Å². The van der Waals surface area contributed by atoms with E-state index in [0.29, 0.717) is 11.1 Å². The molecule has 1 aromatic heterocycles. The molecule has 1 aromatic rings. The smallest absolute Gasteiger partial charge is 0.269 e. The van der Waals surface area contributed by atoms with Gasteiger partial charge < -0.3 is 10.6 Å². The van der Waals surface area contributed by atoms with Crippen molar-refractivity contribution in [1.29, 1.82) is 0 Å². The second-order valence-electron chi connectivity index (χ2n) is 5.79. The minimum atomic E-state index is -0.0625. The predicted molar refractivity (Wildman–Crippen MR) is 81.9 cm³/mol. The normalized spacial score (nSPS) is 15.7. The molecule has 0 atom stereocenters. The highest BCUT2D eigenvalue weighted by molar-refractivity contribution is 5.93. The molecule has 0 aromatic carbocycles. The number of pyridine rings is 1. The van der Waals surface area contributed by atoms with Crippen molar-refractivity contribution in [3.8, 4) is 0 Å². The van der Waals surface area contributed by atoms with Gasteiger partial charge in [0.1, 0.15) is 5.69 Å². The monoisotopic (exact) mass is 275 g/mol.